The van der Waals surface area contributed by atoms with E-state index in [9.17, 15) is 4.79 Å². The predicted molar refractivity (Wildman–Crippen MR) is 148 cm³/mol. The van der Waals surface area contributed by atoms with Gasteiger partial charge in [-0.3, -0.25) is 4.90 Å². The number of nitrogens with zero attached hydrogens (tertiary/aromatic N) is 6. The summed E-state index contributed by atoms with van der Waals surface area (Å²) in [4.78, 5) is 31.8. The van der Waals surface area contributed by atoms with Crippen molar-refractivity contribution in [1.29, 1.82) is 0 Å². The number of anilines is 1. The molecule has 12 heteroatoms. The molecule has 0 N–H and O–H groups in total. The largest absolute Gasteiger partial charge is 0.480 e. The van der Waals surface area contributed by atoms with Gasteiger partial charge in [-0.05, 0) is 59.5 Å². The van der Waals surface area contributed by atoms with Gasteiger partial charge in [-0.2, -0.15) is 15.0 Å². The smallest absolute Gasteiger partial charge is 0.410 e. The highest BCUT2D eigenvalue weighted by molar-refractivity contribution is 6.30. The fourth-order valence-corrected chi connectivity index (χ4v) is 5.77. The fraction of sp³-hybridized carbons (Fsp3) is 0.704. The highest BCUT2D eigenvalue weighted by Crippen LogP contribution is 2.40. The van der Waals surface area contributed by atoms with Crippen molar-refractivity contribution in [3.8, 4) is 11.9 Å². The summed E-state index contributed by atoms with van der Waals surface area (Å²) in [6.45, 7) is 13.8. The number of piperazine rings is 1. The molecule has 3 aliphatic heterocycles. The summed E-state index contributed by atoms with van der Waals surface area (Å²) in [5, 5.41) is -0.00459. The van der Waals surface area contributed by atoms with E-state index in [2.05, 4.69) is 14.9 Å². The van der Waals surface area contributed by atoms with Crippen LogP contribution in [-0.4, -0.2) is 95.0 Å². The standard InChI is InChI=1S/C25H34ClFN6O4.C2H6/c1-24(2,3)37-23(34)32-13-11-31(12-14-32)20-16-18(17(27)19(26)29-21(16)35-4)28-22(30-20)36-15-25-7-5-9-33(25)10-6-8-25;1-2/h5-15H2,1-4H3;1-2H3. The predicted octanol–water partition coefficient (Wildman–Crippen LogP) is 4.92. The highest BCUT2D eigenvalue weighted by atomic mass is 35.5. The van der Waals surface area contributed by atoms with Crippen LogP contribution in [0, 0.1) is 5.82 Å². The van der Waals surface area contributed by atoms with Crippen molar-refractivity contribution in [2.75, 3.05) is 57.9 Å². The molecular weight excluding hydrogens is 527 g/mol. The van der Waals surface area contributed by atoms with Gasteiger partial charge in [0.05, 0.1) is 12.6 Å². The molecule has 0 unspecified atom stereocenters. The molecule has 3 saturated heterocycles. The quantitative estimate of drug-likeness (QED) is 0.468. The lowest BCUT2D eigenvalue weighted by Gasteiger charge is -2.36. The SMILES string of the molecule is CC.COc1nc(Cl)c(F)c2nc(OCC34CCCN3CCC4)nc(N3CCN(C(=O)OC(C)(C)C)CC3)c12. The minimum absolute atomic E-state index is 0.00128. The van der Waals surface area contributed by atoms with E-state index in [-0.39, 0.29) is 34.2 Å². The summed E-state index contributed by atoms with van der Waals surface area (Å²) in [6.07, 6.45) is 4.05. The minimum Gasteiger partial charge on any atom is -0.480 e. The third-order valence-electron chi connectivity index (χ3n) is 7.38. The first-order valence-corrected chi connectivity index (χ1v) is 14.2. The number of hydrogen-bond donors (Lipinski definition) is 0. The van der Waals surface area contributed by atoms with Gasteiger partial charge in [-0.15, -0.1) is 0 Å². The van der Waals surface area contributed by atoms with Gasteiger partial charge in [0.1, 0.15) is 28.9 Å². The average Bonchev–Trinajstić information content (AvgIpc) is 3.50. The molecule has 0 aromatic carbocycles. The van der Waals surface area contributed by atoms with E-state index in [0.29, 0.717) is 44.0 Å². The van der Waals surface area contributed by atoms with Gasteiger partial charge in [0.15, 0.2) is 11.0 Å². The molecule has 0 atom stereocenters. The Morgan fingerprint density at radius 3 is 2.26 bits per heavy atom. The maximum atomic E-state index is 15.2. The molecule has 10 nitrogen and oxygen atoms in total. The monoisotopic (exact) mass is 566 g/mol. The minimum atomic E-state index is -0.750. The first kappa shape index (κ1) is 29.3. The van der Waals surface area contributed by atoms with Crippen LogP contribution in [0.25, 0.3) is 10.9 Å². The Kier molecular flexibility index (Phi) is 8.90. The number of fused-ring (bicyclic) bond motifs is 2. The number of carbonyl (C=O) groups is 1. The summed E-state index contributed by atoms with van der Waals surface area (Å²) < 4.78 is 32.4. The molecule has 1 amide bonds. The number of amides is 1. The number of rotatable bonds is 5. The zero-order valence-corrected chi connectivity index (χ0v) is 24.6. The third-order valence-corrected chi connectivity index (χ3v) is 7.63. The average molecular weight is 567 g/mol. The lowest BCUT2D eigenvalue weighted by Crippen LogP contribution is -2.50. The zero-order chi connectivity index (χ0) is 28.4. The van der Waals surface area contributed by atoms with Crippen molar-refractivity contribution in [2.24, 2.45) is 0 Å². The van der Waals surface area contributed by atoms with Crippen molar-refractivity contribution in [3.05, 3.63) is 11.0 Å². The van der Waals surface area contributed by atoms with Crippen LogP contribution in [0.3, 0.4) is 0 Å². The second kappa shape index (κ2) is 11.8. The molecule has 2 aromatic rings. The van der Waals surface area contributed by atoms with E-state index >= 15 is 4.39 Å². The van der Waals surface area contributed by atoms with Crippen molar-refractivity contribution < 1.29 is 23.4 Å². The fourth-order valence-electron chi connectivity index (χ4n) is 5.60. The number of aromatic nitrogens is 3. The van der Waals surface area contributed by atoms with Gasteiger partial charge >= 0.3 is 12.1 Å². The number of methoxy groups -OCH3 is 1. The van der Waals surface area contributed by atoms with Crippen LogP contribution < -0.4 is 14.4 Å². The summed E-state index contributed by atoms with van der Waals surface area (Å²) >= 11 is 6.08. The molecule has 0 saturated carbocycles. The Morgan fingerprint density at radius 2 is 1.67 bits per heavy atom. The maximum Gasteiger partial charge on any atom is 0.410 e. The molecule has 2 aromatic heterocycles. The molecule has 5 heterocycles. The van der Waals surface area contributed by atoms with Crippen LogP contribution >= 0.6 is 11.6 Å². The topological polar surface area (TPSA) is 93.2 Å². The van der Waals surface area contributed by atoms with Crippen molar-refractivity contribution in [3.63, 3.8) is 0 Å². The second-order valence-corrected chi connectivity index (χ2v) is 11.3. The summed E-state index contributed by atoms with van der Waals surface area (Å²) in [5.41, 5.74) is -0.588. The lowest BCUT2D eigenvalue weighted by molar-refractivity contribution is 0.0240. The van der Waals surface area contributed by atoms with Crippen molar-refractivity contribution >= 4 is 34.4 Å². The number of carbonyl (C=O) groups excluding carboxylic acids is 1. The zero-order valence-electron chi connectivity index (χ0n) is 23.9. The van der Waals surface area contributed by atoms with E-state index in [0.717, 1.165) is 38.8 Å². The molecular formula is C27H40ClFN6O4. The molecule has 0 spiro atoms. The highest BCUT2D eigenvalue weighted by Gasteiger charge is 2.45. The van der Waals surface area contributed by atoms with Gasteiger partial charge in [0.25, 0.3) is 0 Å². The van der Waals surface area contributed by atoms with Crippen molar-refractivity contribution in [1.82, 2.24) is 24.8 Å². The molecule has 216 valence electrons. The van der Waals surface area contributed by atoms with E-state index in [1.807, 2.05) is 39.5 Å². The molecule has 39 heavy (non-hydrogen) atoms. The van der Waals surface area contributed by atoms with Gasteiger partial charge in [0, 0.05) is 26.2 Å². The van der Waals surface area contributed by atoms with Crippen LogP contribution in [-0.2, 0) is 4.74 Å². The summed E-state index contributed by atoms with van der Waals surface area (Å²) in [7, 11) is 1.44. The van der Waals surface area contributed by atoms with E-state index in [1.54, 1.807) is 4.90 Å². The van der Waals surface area contributed by atoms with Crippen LogP contribution in [0.4, 0.5) is 15.0 Å². The Morgan fingerprint density at radius 1 is 1.03 bits per heavy atom. The molecule has 3 aliphatic rings. The third kappa shape index (κ3) is 6.09. The van der Waals surface area contributed by atoms with Crippen LogP contribution in [0.5, 0.6) is 11.9 Å². The second-order valence-electron chi connectivity index (χ2n) is 10.9. The molecule has 0 radical (unpaired) electrons. The van der Waals surface area contributed by atoms with Crippen LogP contribution in [0.2, 0.25) is 5.15 Å². The lowest BCUT2D eigenvalue weighted by atomic mass is 9.95. The van der Waals surface area contributed by atoms with Gasteiger partial charge in [0.2, 0.25) is 5.88 Å². The van der Waals surface area contributed by atoms with Gasteiger partial charge in [-0.1, -0.05) is 25.4 Å². The number of halogens is 2. The normalized spacial score (nSPS) is 19.0. The van der Waals surface area contributed by atoms with E-state index < -0.39 is 11.4 Å². The maximum absolute atomic E-state index is 15.2. The Hall–Kier alpha value is -2.66. The molecule has 0 bridgehead atoms. The summed E-state index contributed by atoms with van der Waals surface area (Å²) in [6, 6.07) is 0.0911. The number of ether oxygens (including phenoxy) is 3. The Balaban J connectivity index is 0.00000172. The van der Waals surface area contributed by atoms with E-state index in [1.165, 1.54) is 7.11 Å². The summed E-state index contributed by atoms with van der Waals surface area (Å²) in [5.74, 6) is -0.176. The van der Waals surface area contributed by atoms with Gasteiger partial charge in [-0.25, -0.2) is 9.18 Å². The Bertz CT molecular complexity index is 1180. The van der Waals surface area contributed by atoms with E-state index in [4.69, 9.17) is 30.8 Å². The number of hydrogen-bond acceptors (Lipinski definition) is 9. The molecule has 0 aliphatic carbocycles. The van der Waals surface area contributed by atoms with Crippen LogP contribution in [0.15, 0.2) is 0 Å². The number of pyridine rings is 1. The first-order chi connectivity index (χ1) is 18.6. The Labute approximate surface area is 234 Å². The molecule has 5 rings (SSSR count). The first-order valence-electron chi connectivity index (χ1n) is 13.8. The van der Waals surface area contributed by atoms with Gasteiger partial charge < -0.3 is 24.0 Å². The van der Waals surface area contributed by atoms with Crippen molar-refractivity contribution in [2.45, 2.75) is 71.4 Å². The molecule has 3 fully saturated rings. The van der Waals surface area contributed by atoms with Crippen LogP contribution in [0.1, 0.15) is 60.3 Å².